The number of aliphatic hydroxyl groups is 1. The molecule has 0 fully saturated rings. The summed E-state index contributed by atoms with van der Waals surface area (Å²) in [6.45, 7) is 1.44. The zero-order valence-corrected chi connectivity index (χ0v) is 12.5. The molecule has 0 amide bonds. The van der Waals surface area contributed by atoms with Gasteiger partial charge in [0.15, 0.2) is 0 Å². The van der Waals surface area contributed by atoms with Crippen LogP contribution in [-0.4, -0.2) is 19.6 Å². The number of hydrogen-bond donors (Lipinski definition) is 2. The smallest absolute Gasteiger partial charge is 0.243 e. The van der Waals surface area contributed by atoms with E-state index in [0.717, 1.165) is 24.3 Å². The lowest BCUT2D eigenvalue weighted by Crippen LogP contribution is -2.37. The maximum Gasteiger partial charge on any atom is 0.243 e. The molecule has 0 radical (unpaired) electrons. The van der Waals surface area contributed by atoms with Crippen LogP contribution in [0.15, 0.2) is 53.4 Å². The van der Waals surface area contributed by atoms with Crippen LogP contribution >= 0.6 is 0 Å². The van der Waals surface area contributed by atoms with Crippen molar-refractivity contribution < 1.29 is 22.3 Å². The minimum atomic E-state index is -4.11. The highest BCUT2D eigenvalue weighted by atomic mass is 32.2. The highest BCUT2D eigenvalue weighted by Crippen LogP contribution is 2.20. The average molecular weight is 327 g/mol. The maximum absolute atomic E-state index is 13.6. The molecule has 2 unspecified atom stereocenters. The number of rotatable bonds is 5. The van der Waals surface area contributed by atoms with Crippen LogP contribution in [0.5, 0.6) is 0 Å². The van der Waals surface area contributed by atoms with Gasteiger partial charge in [-0.05, 0) is 36.8 Å². The van der Waals surface area contributed by atoms with E-state index in [-0.39, 0.29) is 0 Å². The summed E-state index contributed by atoms with van der Waals surface area (Å²) < 4.78 is 52.9. The second-order valence-electron chi connectivity index (χ2n) is 4.84. The van der Waals surface area contributed by atoms with Crippen molar-refractivity contribution in [1.82, 2.24) is 4.72 Å². The van der Waals surface area contributed by atoms with Crippen LogP contribution in [0.3, 0.4) is 0 Å². The normalized spacial score (nSPS) is 14.5. The number of aliphatic hydroxyl groups excluding tert-OH is 1. The first kappa shape index (κ1) is 16.5. The van der Waals surface area contributed by atoms with Gasteiger partial charge in [0, 0.05) is 6.04 Å². The molecule has 0 aliphatic rings. The molecule has 0 saturated carbocycles. The Morgan fingerprint density at radius 2 is 1.64 bits per heavy atom. The molecule has 4 nitrogen and oxygen atoms in total. The van der Waals surface area contributed by atoms with Gasteiger partial charge in [-0.3, -0.25) is 0 Å². The number of sulfonamides is 1. The van der Waals surface area contributed by atoms with Crippen LogP contribution in [-0.2, 0) is 10.0 Å². The first-order valence-corrected chi connectivity index (χ1v) is 8.00. The van der Waals surface area contributed by atoms with Crippen molar-refractivity contribution in [2.75, 3.05) is 0 Å². The Labute approximate surface area is 127 Å². The molecule has 2 atom stereocenters. The summed E-state index contributed by atoms with van der Waals surface area (Å²) in [6.07, 6.45) is -1.19. The van der Waals surface area contributed by atoms with Crippen molar-refractivity contribution in [3.05, 3.63) is 65.7 Å². The standard InChI is InChI=1S/C15H15F2NO3S/c1-10(15(19)11-6-8-12(16)9-7-11)18-22(20,21)14-5-3-2-4-13(14)17/h2-10,15,18-19H,1H3. The molecule has 2 rings (SSSR count). The van der Waals surface area contributed by atoms with Crippen LogP contribution in [0.25, 0.3) is 0 Å². The monoisotopic (exact) mass is 327 g/mol. The van der Waals surface area contributed by atoms with Gasteiger partial charge in [-0.2, -0.15) is 0 Å². The van der Waals surface area contributed by atoms with Crippen LogP contribution in [0.4, 0.5) is 8.78 Å². The second-order valence-corrected chi connectivity index (χ2v) is 6.52. The minimum absolute atomic E-state index is 0.352. The summed E-state index contributed by atoms with van der Waals surface area (Å²) in [5.74, 6) is -1.34. The van der Waals surface area contributed by atoms with Gasteiger partial charge in [-0.25, -0.2) is 21.9 Å². The Kier molecular flexibility index (Phi) is 4.90. The van der Waals surface area contributed by atoms with Crippen molar-refractivity contribution in [2.24, 2.45) is 0 Å². The molecule has 0 aromatic heterocycles. The number of nitrogens with one attached hydrogen (secondary N) is 1. The summed E-state index contributed by atoms with van der Waals surface area (Å²) in [5, 5.41) is 10.1. The highest BCUT2D eigenvalue weighted by Gasteiger charge is 2.25. The van der Waals surface area contributed by atoms with E-state index >= 15 is 0 Å². The number of halogens is 2. The van der Waals surface area contributed by atoms with Crippen molar-refractivity contribution in [1.29, 1.82) is 0 Å². The van der Waals surface area contributed by atoms with E-state index in [1.807, 2.05) is 0 Å². The van der Waals surface area contributed by atoms with Gasteiger partial charge < -0.3 is 5.11 Å². The third-order valence-electron chi connectivity index (χ3n) is 3.15. The first-order chi connectivity index (χ1) is 10.3. The summed E-state index contributed by atoms with van der Waals surface area (Å²) in [5.41, 5.74) is 0.352. The summed E-state index contributed by atoms with van der Waals surface area (Å²) in [6, 6.07) is 9.07. The van der Waals surface area contributed by atoms with Crippen molar-refractivity contribution in [2.45, 2.75) is 24.0 Å². The molecule has 0 bridgehead atoms. The molecule has 0 heterocycles. The molecule has 2 aromatic rings. The molecule has 0 spiro atoms. The fourth-order valence-corrected chi connectivity index (χ4v) is 3.31. The first-order valence-electron chi connectivity index (χ1n) is 6.51. The van der Waals surface area contributed by atoms with Gasteiger partial charge in [-0.15, -0.1) is 0 Å². The van der Waals surface area contributed by atoms with E-state index in [9.17, 15) is 22.3 Å². The molecular weight excluding hydrogens is 312 g/mol. The van der Waals surface area contributed by atoms with Gasteiger partial charge in [-0.1, -0.05) is 24.3 Å². The minimum Gasteiger partial charge on any atom is -0.387 e. The summed E-state index contributed by atoms with van der Waals surface area (Å²) in [4.78, 5) is -0.492. The molecule has 0 aliphatic heterocycles. The molecule has 22 heavy (non-hydrogen) atoms. The van der Waals surface area contributed by atoms with E-state index in [1.54, 1.807) is 0 Å². The number of benzene rings is 2. The molecule has 118 valence electrons. The zero-order valence-electron chi connectivity index (χ0n) is 11.7. The fraction of sp³-hybridized carbons (Fsp3) is 0.200. The molecule has 2 aromatic carbocycles. The van der Waals surface area contributed by atoms with Gasteiger partial charge in [0.25, 0.3) is 0 Å². The summed E-state index contributed by atoms with van der Waals surface area (Å²) >= 11 is 0. The third kappa shape index (κ3) is 3.68. The quantitative estimate of drug-likeness (QED) is 0.886. The SMILES string of the molecule is CC(NS(=O)(=O)c1ccccc1F)C(O)c1ccc(F)cc1. The van der Waals surface area contributed by atoms with Crippen molar-refractivity contribution in [3.8, 4) is 0 Å². The topological polar surface area (TPSA) is 66.4 Å². The predicted molar refractivity (Wildman–Crippen MR) is 77.5 cm³/mol. The molecular formula is C15H15F2NO3S. The van der Waals surface area contributed by atoms with Crippen LogP contribution in [0.2, 0.25) is 0 Å². The van der Waals surface area contributed by atoms with Gasteiger partial charge in [0.2, 0.25) is 10.0 Å². The second kappa shape index (κ2) is 6.51. The van der Waals surface area contributed by atoms with Crippen LogP contribution < -0.4 is 4.72 Å². The molecule has 2 N–H and O–H groups in total. The third-order valence-corrected chi connectivity index (χ3v) is 4.74. The Hall–Kier alpha value is -1.83. The van der Waals surface area contributed by atoms with E-state index in [1.165, 1.54) is 31.2 Å². The largest absolute Gasteiger partial charge is 0.387 e. The van der Waals surface area contributed by atoms with Crippen molar-refractivity contribution in [3.63, 3.8) is 0 Å². The zero-order chi connectivity index (χ0) is 16.3. The molecule has 0 aliphatic carbocycles. The predicted octanol–water partition coefficient (Wildman–Crippen LogP) is 2.37. The maximum atomic E-state index is 13.6. The van der Waals surface area contributed by atoms with E-state index < -0.39 is 38.7 Å². The lowest BCUT2D eigenvalue weighted by Gasteiger charge is -2.20. The average Bonchev–Trinajstić information content (AvgIpc) is 2.47. The van der Waals surface area contributed by atoms with Gasteiger partial charge in [0.1, 0.15) is 16.5 Å². The van der Waals surface area contributed by atoms with Crippen molar-refractivity contribution >= 4 is 10.0 Å². The highest BCUT2D eigenvalue weighted by molar-refractivity contribution is 7.89. The van der Waals surface area contributed by atoms with Gasteiger partial charge in [0.05, 0.1) is 6.10 Å². The molecule has 0 saturated heterocycles. The Morgan fingerprint density at radius 3 is 2.23 bits per heavy atom. The summed E-state index contributed by atoms with van der Waals surface area (Å²) in [7, 11) is -4.11. The Morgan fingerprint density at radius 1 is 1.05 bits per heavy atom. The fourth-order valence-electron chi connectivity index (χ4n) is 1.98. The van der Waals surface area contributed by atoms with E-state index in [0.29, 0.717) is 5.56 Å². The van der Waals surface area contributed by atoms with Crippen LogP contribution in [0.1, 0.15) is 18.6 Å². The lowest BCUT2D eigenvalue weighted by molar-refractivity contribution is 0.146. The van der Waals surface area contributed by atoms with Crippen LogP contribution in [0, 0.1) is 11.6 Å². The lowest BCUT2D eigenvalue weighted by atomic mass is 10.0. The number of hydrogen-bond acceptors (Lipinski definition) is 3. The van der Waals surface area contributed by atoms with E-state index in [2.05, 4.69) is 4.72 Å². The van der Waals surface area contributed by atoms with Gasteiger partial charge >= 0.3 is 0 Å². The molecule has 7 heteroatoms. The Balaban J connectivity index is 2.19. The Bertz CT molecular complexity index is 748. The van der Waals surface area contributed by atoms with E-state index in [4.69, 9.17) is 0 Å².